The predicted octanol–water partition coefficient (Wildman–Crippen LogP) is 2.25. The molecular weight excluding hydrogens is 249 g/mol. The summed E-state index contributed by atoms with van der Waals surface area (Å²) in [7, 11) is 2.89. The summed E-state index contributed by atoms with van der Waals surface area (Å²) >= 11 is 0. The average molecular weight is 271 g/mol. The zero-order valence-corrected chi connectivity index (χ0v) is 12.0. The lowest BCUT2D eigenvalue weighted by Gasteiger charge is -2.31. The van der Waals surface area contributed by atoms with Crippen LogP contribution < -0.4 is 15.2 Å². The normalized spacial score (nSPS) is 14.9. The van der Waals surface area contributed by atoms with Crippen LogP contribution in [0.3, 0.4) is 0 Å². The minimum Gasteiger partial charge on any atom is -0.493 e. The summed E-state index contributed by atoms with van der Waals surface area (Å²) in [6.07, 6.45) is -0.875. The molecule has 108 valence electrons. The first-order chi connectivity index (χ1) is 8.72. The topological polar surface area (TPSA) is 64.7 Å². The third-order valence-electron chi connectivity index (χ3n) is 3.09. The number of aliphatic hydroxyl groups excluding tert-OH is 1. The third-order valence-corrected chi connectivity index (χ3v) is 3.09. The number of ether oxygens (including phenoxy) is 2. The largest absolute Gasteiger partial charge is 0.493 e. The van der Waals surface area contributed by atoms with Gasteiger partial charge >= 0.3 is 0 Å². The van der Waals surface area contributed by atoms with Gasteiger partial charge in [0.2, 0.25) is 0 Å². The van der Waals surface area contributed by atoms with Crippen molar-refractivity contribution in [1.82, 2.24) is 0 Å². The van der Waals surface area contributed by atoms with Crippen LogP contribution in [0.15, 0.2) is 12.1 Å². The molecule has 2 atom stereocenters. The van der Waals surface area contributed by atoms with E-state index >= 15 is 0 Å². The Balaban J connectivity index is 3.20. The van der Waals surface area contributed by atoms with Crippen LogP contribution in [0, 0.1) is 11.2 Å². The lowest BCUT2D eigenvalue weighted by molar-refractivity contribution is 0.0391. The summed E-state index contributed by atoms with van der Waals surface area (Å²) in [6, 6.07) is 1.84. The van der Waals surface area contributed by atoms with Gasteiger partial charge in [-0.1, -0.05) is 20.8 Å². The van der Waals surface area contributed by atoms with Gasteiger partial charge in [0.15, 0.2) is 11.5 Å². The van der Waals surface area contributed by atoms with Crippen molar-refractivity contribution in [3.05, 3.63) is 23.5 Å². The Bertz CT molecular complexity index is 443. The molecule has 4 nitrogen and oxygen atoms in total. The first-order valence-corrected chi connectivity index (χ1v) is 6.07. The van der Waals surface area contributed by atoms with E-state index in [4.69, 9.17) is 15.2 Å². The van der Waals surface area contributed by atoms with Gasteiger partial charge in [-0.05, 0) is 11.5 Å². The summed E-state index contributed by atoms with van der Waals surface area (Å²) in [5, 5.41) is 10.2. The Morgan fingerprint density at radius 1 is 1.16 bits per heavy atom. The second-order valence-electron chi connectivity index (χ2n) is 5.57. The van der Waals surface area contributed by atoms with Crippen molar-refractivity contribution in [1.29, 1.82) is 0 Å². The maximum Gasteiger partial charge on any atom is 0.163 e. The highest BCUT2D eigenvalue weighted by Gasteiger charge is 2.31. The molecule has 1 aromatic carbocycles. The molecule has 0 saturated heterocycles. The van der Waals surface area contributed by atoms with E-state index < -0.39 is 23.4 Å². The van der Waals surface area contributed by atoms with E-state index in [1.807, 2.05) is 20.8 Å². The Hall–Kier alpha value is -1.33. The molecule has 0 unspecified atom stereocenters. The van der Waals surface area contributed by atoms with E-state index in [1.165, 1.54) is 26.4 Å². The predicted molar refractivity (Wildman–Crippen MR) is 71.9 cm³/mol. The molecule has 5 heteroatoms. The van der Waals surface area contributed by atoms with E-state index in [0.717, 1.165) is 0 Å². The Morgan fingerprint density at radius 3 is 2.05 bits per heavy atom. The standard InChI is InChI=1S/C14H22FNO3/c1-14(2,3)13(17)12(16)8-6-10(18-4)11(19-5)7-9(8)15/h6-7,12-13,17H,16H2,1-5H3/t12-,13-/m1/s1. The van der Waals surface area contributed by atoms with Crippen LogP contribution in [-0.2, 0) is 0 Å². The molecule has 0 bridgehead atoms. The molecule has 0 spiro atoms. The molecule has 1 rings (SSSR count). The fraction of sp³-hybridized carbons (Fsp3) is 0.571. The molecule has 0 aromatic heterocycles. The average Bonchev–Trinajstić information content (AvgIpc) is 2.35. The summed E-state index contributed by atoms with van der Waals surface area (Å²) in [5.74, 6) is 0.158. The SMILES string of the molecule is COc1cc(F)c([C@@H](N)[C@@H](O)C(C)(C)C)cc1OC. The number of hydrogen-bond donors (Lipinski definition) is 2. The molecule has 0 amide bonds. The number of nitrogens with two attached hydrogens (primary N) is 1. The Morgan fingerprint density at radius 2 is 1.63 bits per heavy atom. The number of methoxy groups -OCH3 is 2. The fourth-order valence-electron chi connectivity index (χ4n) is 1.83. The second kappa shape index (κ2) is 5.75. The lowest BCUT2D eigenvalue weighted by Crippen LogP contribution is -2.37. The highest BCUT2D eigenvalue weighted by molar-refractivity contribution is 5.45. The van der Waals surface area contributed by atoms with Gasteiger partial charge < -0.3 is 20.3 Å². The van der Waals surface area contributed by atoms with Crippen LogP contribution >= 0.6 is 0 Å². The number of hydrogen-bond acceptors (Lipinski definition) is 4. The van der Waals surface area contributed by atoms with E-state index in [0.29, 0.717) is 11.5 Å². The Labute approximate surface area is 113 Å². The molecule has 0 aliphatic heterocycles. The van der Waals surface area contributed by atoms with E-state index in [9.17, 15) is 9.50 Å². The van der Waals surface area contributed by atoms with E-state index in [-0.39, 0.29) is 5.56 Å². The molecular formula is C14H22FNO3. The number of aliphatic hydroxyl groups is 1. The summed E-state index contributed by atoms with van der Waals surface area (Å²) < 4.78 is 24.2. The van der Waals surface area contributed by atoms with Gasteiger partial charge in [0.05, 0.1) is 26.4 Å². The van der Waals surface area contributed by atoms with Gasteiger partial charge in [-0.3, -0.25) is 0 Å². The summed E-state index contributed by atoms with van der Waals surface area (Å²) in [4.78, 5) is 0. The zero-order chi connectivity index (χ0) is 14.8. The first-order valence-electron chi connectivity index (χ1n) is 6.07. The lowest BCUT2D eigenvalue weighted by atomic mass is 9.82. The number of halogens is 1. The van der Waals surface area contributed by atoms with Crippen molar-refractivity contribution < 1.29 is 19.0 Å². The molecule has 1 aromatic rings. The van der Waals surface area contributed by atoms with Gasteiger partial charge in [0, 0.05) is 11.6 Å². The zero-order valence-electron chi connectivity index (χ0n) is 12.0. The fourth-order valence-corrected chi connectivity index (χ4v) is 1.83. The van der Waals surface area contributed by atoms with Crippen LogP contribution in [0.4, 0.5) is 4.39 Å². The first kappa shape index (κ1) is 15.7. The maximum absolute atomic E-state index is 14.0. The molecule has 0 radical (unpaired) electrons. The molecule has 19 heavy (non-hydrogen) atoms. The van der Waals surface area contributed by atoms with Crippen LogP contribution in [0.25, 0.3) is 0 Å². The Kier molecular flexibility index (Phi) is 4.76. The van der Waals surface area contributed by atoms with Gasteiger partial charge in [-0.2, -0.15) is 0 Å². The summed E-state index contributed by atoms with van der Waals surface area (Å²) in [6.45, 7) is 5.53. The maximum atomic E-state index is 14.0. The van der Waals surface area contributed by atoms with Crippen molar-refractivity contribution >= 4 is 0 Å². The van der Waals surface area contributed by atoms with Crippen LogP contribution in [0.2, 0.25) is 0 Å². The van der Waals surface area contributed by atoms with Crippen molar-refractivity contribution in [3.63, 3.8) is 0 Å². The van der Waals surface area contributed by atoms with E-state index in [1.54, 1.807) is 0 Å². The van der Waals surface area contributed by atoms with Crippen LogP contribution in [-0.4, -0.2) is 25.4 Å². The minimum atomic E-state index is -0.875. The molecule has 0 fully saturated rings. The molecule has 0 aliphatic rings. The van der Waals surface area contributed by atoms with Crippen LogP contribution in [0.5, 0.6) is 11.5 Å². The molecule has 0 saturated carbocycles. The van der Waals surface area contributed by atoms with Gasteiger partial charge in [0.25, 0.3) is 0 Å². The van der Waals surface area contributed by atoms with Gasteiger partial charge in [0.1, 0.15) is 5.82 Å². The number of rotatable bonds is 4. The smallest absolute Gasteiger partial charge is 0.163 e. The van der Waals surface area contributed by atoms with Crippen LogP contribution in [0.1, 0.15) is 32.4 Å². The summed E-state index contributed by atoms with van der Waals surface area (Å²) in [5.41, 5.74) is 5.72. The quantitative estimate of drug-likeness (QED) is 0.881. The molecule has 0 aliphatic carbocycles. The monoisotopic (exact) mass is 271 g/mol. The third kappa shape index (κ3) is 3.36. The molecule has 0 heterocycles. The number of benzene rings is 1. The highest BCUT2D eigenvalue weighted by Crippen LogP contribution is 2.35. The van der Waals surface area contributed by atoms with Gasteiger partial charge in [-0.15, -0.1) is 0 Å². The molecule has 3 N–H and O–H groups in total. The van der Waals surface area contributed by atoms with Crippen molar-refractivity contribution in [2.45, 2.75) is 32.9 Å². The van der Waals surface area contributed by atoms with Crippen molar-refractivity contribution in [2.75, 3.05) is 14.2 Å². The van der Waals surface area contributed by atoms with Gasteiger partial charge in [-0.25, -0.2) is 4.39 Å². The van der Waals surface area contributed by atoms with Crippen molar-refractivity contribution in [2.24, 2.45) is 11.1 Å². The minimum absolute atomic E-state index is 0.208. The van der Waals surface area contributed by atoms with Crippen molar-refractivity contribution in [3.8, 4) is 11.5 Å². The second-order valence-corrected chi connectivity index (χ2v) is 5.57. The van der Waals surface area contributed by atoms with E-state index in [2.05, 4.69) is 0 Å². The highest BCUT2D eigenvalue weighted by atomic mass is 19.1.